The van der Waals surface area contributed by atoms with Gasteiger partial charge in [0.05, 0.1) is 39.3 Å². The molecule has 0 aliphatic carbocycles. The minimum atomic E-state index is 0.729. The van der Waals surface area contributed by atoms with Crippen molar-refractivity contribution in [3.8, 4) is 11.4 Å². The zero-order valence-electron chi connectivity index (χ0n) is 25.0. The lowest BCUT2D eigenvalue weighted by Gasteiger charge is -2.11. The SMILES string of the molecule is c1ccc(-n2c3ccccc3c3cc4c5cc6c(cc5n(-c5ccccc5)c4cc32)c2ccncc2n2c3cccnc3nc62)cc1. The highest BCUT2D eigenvalue weighted by atomic mass is 15.1. The maximum Gasteiger partial charge on any atom is 0.178 e. The standard InChI is InChI=1S/C41H24N6/c1-3-10-25(11-4-1)45-34-15-8-7-14-27(34)30-20-31-32-21-33-29(22-36(32)46(38(31)23-37(30)45)26-12-5-2-6-13-26)28-17-19-42-24-39(28)47-35-16-9-18-43-40(35)44-41(33)47/h1-24H. The van der Waals surface area contributed by atoms with E-state index in [4.69, 9.17) is 4.98 Å². The molecule has 218 valence electrons. The van der Waals surface area contributed by atoms with E-state index in [9.17, 15) is 0 Å². The van der Waals surface area contributed by atoms with Crippen LogP contribution < -0.4 is 0 Å². The average molecular weight is 601 g/mol. The highest BCUT2D eigenvalue weighted by molar-refractivity contribution is 6.24. The summed E-state index contributed by atoms with van der Waals surface area (Å²) in [6.07, 6.45) is 5.62. The molecule has 0 spiro atoms. The summed E-state index contributed by atoms with van der Waals surface area (Å²) in [6.45, 7) is 0. The van der Waals surface area contributed by atoms with Gasteiger partial charge in [-0.25, -0.2) is 9.97 Å². The molecule has 0 fully saturated rings. The van der Waals surface area contributed by atoms with Gasteiger partial charge in [-0.05, 0) is 78.2 Å². The molecule has 5 aromatic carbocycles. The van der Waals surface area contributed by atoms with Gasteiger partial charge in [-0.2, -0.15) is 0 Å². The topological polar surface area (TPSA) is 52.9 Å². The number of hydrogen-bond donors (Lipinski definition) is 0. The largest absolute Gasteiger partial charge is 0.309 e. The van der Waals surface area contributed by atoms with E-state index >= 15 is 0 Å². The van der Waals surface area contributed by atoms with E-state index in [1.165, 1.54) is 32.6 Å². The predicted octanol–water partition coefficient (Wildman–Crippen LogP) is 9.78. The number of pyridine rings is 3. The average Bonchev–Trinajstić information content (AvgIpc) is 3.78. The van der Waals surface area contributed by atoms with Crippen LogP contribution in [0.2, 0.25) is 0 Å². The molecule has 6 aromatic heterocycles. The summed E-state index contributed by atoms with van der Waals surface area (Å²) in [7, 11) is 0. The number of aromatic nitrogens is 6. The molecule has 0 radical (unpaired) electrons. The van der Waals surface area contributed by atoms with Gasteiger partial charge in [-0.3, -0.25) is 9.38 Å². The van der Waals surface area contributed by atoms with E-state index in [-0.39, 0.29) is 0 Å². The van der Waals surface area contributed by atoms with Crippen molar-refractivity contribution in [2.45, 2.75) is 0 Å². The Kier molecular flexibility index (Phi) is 4.75. The number of benzene rings is 5. The summed E-state index contributed by atoms with van der Waals surface area (Å²) in [6, 6.07) is 45.7. The third-order valence-electron chi connectivity index (χ3n) is 9.73. The summed E-state index contributed by atoms with van der Waals surface area (Å²) in [5.74, 6) is 0. The van der Waals surface area contributed by atoms with Gasteiger partial charge in [0.2, 0.25) is 0 Å². The van der Waals surface area contributed by atoms with Crippen molar-refractivity contribution >= 4 is 82.1 Å². The third-order valence-corrected chi connectivity index (χ3v) is 9.73. The first kappa shape index (κ1) is 24.8. The second-order valence-corrected chi connectivity index (χ2v) is 12.2. The Hall–Kier alpha value is -6.53. The molecule has 0 aliphatic heterocycles. The van der Waals surface area contributed by atoms with E-state index in [0.717, 1.165) is 60.9 Å². The summed E-state index contributed by atoms with van der Waals surface area (Å²) in [5, 5.41) is 8.22. The first-order chi connectivity index (χ1) is 23.3. The Morgan fingerprint density at radius 1 is 0.404 bits per heavy atom. The van der Waals surface area contributed by atoms with Gasteiger partial charge < -0.3 is 9.13 Å². The summed E-state index contributed by atoms with van der Waals surface area (Å²) < 4.78 is 7.01. The molecule has 0 N–H and O–H groups in total. The van der Waals surface area contributed by atoms with Gasteiger partial charge >= 0.3 is 0 Å². The molecule has 0 bridgehead atoms. The Bertz CT molecular complexity index is 3060. The molecular weight excluding hydrogens is 576 g/mol. The van der Waals surface area contributed by atoms with Crippen LogP contribution in [0.25, 0.3) is 93.5 Å². The van der Waals surface area contributed by atoms with E-state index < -0.39 is 0 Å². The molecule has 6 heterocycles. The van der Waals surface area contributed by atoms with Crippen LogP contribution >= 0.6 is 0 Å². The number of nitrogens with zero attached hydrogens (tertiary/aromatic N) is 6. The number of rotatable bonds is 2. The minimum Gasteiger partial charge on any atom is -0.309 e. The zero-order chi connectivity index (χ0) is 30.6. The van der Waals surface area contributed by atoms with E-state index in [2.05, 4.69) is 145 Å². The van der Waals surface area contributed by atoms with E-state index in [0.29, 0.717) is 0 Å². The van der Waals surface area contributed by atoms with Crippen molar-refractivity contribution in [3.05, 3.63) is 146 Å². The number of fused-ring (bicyclic) bond motifs is 14. The molecule has 0 aliphatic rings. The fourth-order valence-corrected chi connectivity index (χ4v) is 7.77. The lowest BCUT2D eigenvalue weighted by atomic mass is 10.0. The van der Waals surface area contributed by atoms with Crippen molar-refractivity contribution in [1.29, 1.82) is 0 Å². The molecule has 11 aromatic rings. The van der Waals surface area contributed by atoms with Gasteiger partial charge in [0.25, 0.3) is 0 Å². The molecule has 6 nitrogen and oxygen atoms in total. The van der Waals surface area contributed by atoms with E-state index in [1.807, 2.05) is 18.5 Å². The van der Waals surface area contributed by atoms with Crippen LogP contribution in [0.4, 0.5) is 0 Å². The normalized spacial score (nSPS) is 12.3. The van der Waals surface area contributed by atoms with Gasteiger partial charge in [-0.15, -0.1) is 0 Å². The Morgan fingerprint density at radius 2 is 1.02 bits per heavy atom. The first-order valence-electron chi connectivity index (χ1n) is 15.8. The summed E-state index contributed by atoms with van der Waals surface area (Å²) >= 11 is 0. The second-order valence-electron chi connectivity index (χ2n) is 12.2. The fourth-order valence-electron chi connectivity index (χ4n) is 7.77. The quantitative estimate of drug-likeness (QED) is 0.186. The molecule has 0 saturated carbocycles. The first-order valence-corrected chi connectivity index (χ1v) is 15.8. The van der Waals surface area contributed by atoms with Gasteiger partial charge in [0, 0.05) is 56.1 Å². The van der Waals surface area contributed by atoms with Crippen molar-refractivity contribution in [2.75, 3.05) is 0 Å². The second kappa shape index (κ2) is 9.02. The monoisotopic (exact) mass is 600 g/mol. The number of imidazole rings is 1. The minimum absolute atomic E-state index is 0.729. The molecule has 47 heavy (non-hydrogen) atoms. The summed E-state index contributed by atoms with van der Waals surface area (Å²) in [4.78, 5) is 14.2. The van der Waals surface area contributed by atoms with Gasteiger partial charge in [0.1, 0.15) is 5.65 Å². The van der Waals surface area contributed by atoms with E-state index in [1.54, 1.807) is 6.20 Å². The van der Waals surface area contributed by atoms with Crippen LogP contribution in [-0.2, 0) is 0 Å². The molecule has 0 saturated heterocycles. The molecule has 6 heteroatoms. The Balaban J connectivity index is 1.38. The number of hydrogen-bond acceptors (Lipinski definition) is 3. The maximum atomic E-state index is 5.09. The smallest absolute Gasteiger partial charge is 0.178 e. The van der Waals surface area contributed by atoms with Crippen molar-refractivity contribution in [1.82, 2.24) is 28.5 Å². The van der Waals surface area contributed by atoms with Crippen LogP contribution in [0.15, 0.2) is 146 Å². The van der Waals surface area contributed by atoms with Gasteiger partial charge in [-0.1, -0.05) is 54.6 Å². The van der Waals surface area contributed by atoms with Crippen molar-refractivity contribution < 1.29 is 0 Å². The highest BCUT2D eigenvalue weighted by Gasteiger charge is 2.21. The van der Waals surface area contributed by atoms with Gasteiger partial charge in [0.15, 0.2) is 5.65 Å². The van der Waals surface area contributed by atoms with Crippen molar-refractivity contribution in [2.24, 2.45) is 0 Å². The Labute approximate surface area is 267 Å². The maximum absolute atomic E-state index is 5.09. The van der Waals surface area contributed by atoms with Crippen LogP contribution in [0.5, 0.6) is 0 Å². The molecule has 11 rings (SSSR count). The fraction of sp³-hybridized carbons (Fsp3) is 0. The summed E-state index contributed by atoms with van der Waals surface area (Å²) in [5.41, 5.74) is 10.6. The van der Waals surface area contributed by atoms with Crippen LogP contribution in [0, 0.1) is 0 Å². The number of para-hydroxylation sites is 3. The predicted molar refractivity (Wildman–Crippen MR) is 192 cm³/mol. The highest BCUT2D eigenvalue weighted by Crippen LogP contribution is 2.42. The molecule has 0 unspecified atom stereocenters. The molecular formula is C41H24N6. The Morgan fingerprint density at radius 3 is 1.81 bits per heavy atom. The molecule has 0 amide bonds. The zero-order valence-corrected chi connectivity index (χ0v) is 25.0. The van der Waals surface area contributed by atoms with Crippen molar-refractivity contribution in [3.63, 3.8) is 0 Å². The van der Waals surface area contributed by atoms with Crippen LogP contribution in [0.3, 0.4) is 0 Å². The van der Waals surface area contributed by atoms with Crippen LogP contribution in [-0.4, -0.2) is 28.5 Å². The lowest BCUT2D eigenvalue weighted by molar-refractivity contribution is 1.17. The lowest BCUT2D eigenvalue weighted by Crippen LogP contribution is -1.96. The van der Waals surface area contributed by atoms with Crippen LogP contribution in [0.1, 0.15) is 0 Å². The molecule has 0 atom stereocenters. The third kappa shape index (κ3) is 3.26.